The minimum Gasteiger partial charge on any atom is -0.489 e. The van der Waals surface area contributed by atoms with Gasteiger partial charge in [-0.25, -0.2) is 0 Å². The van der Waals surface area contributed by atoms with Crippen LogP contribution in [0.15, 0.2) is 84.9 Å². The third kappa shape index (κ3) is 4.24. The van der Waals surface area contributed by atoms with Crippen LogP contribution in [0.3, 0.4) is 0 Å². The van der Waals surface area contributed by atoms with Gasteiger partial charge in [0.1, 0.15) is 22.9 Å². The second-order valence-corrected chi connectivity index (χ2v) is 6.82. The van der Waals surface area contributed by atoms with Gasteiger partial charge in [0.05, 0.1) is 0 Å². The first-order valence-corrected chi connectivity index (χ1v) is 9.53. The number of benzene rings is 3. The minimum absolute atomic E-state index is 0.230. The standard InChI is InChI=1S/C22H17N3O2S/c26-22(21-20(24-25-28-21)17-9-5-2-6-10-17)23-18-11-13-19(14-12-18)27-15-16-7-3-1-4-8-16/h1-14H,15H2,(H,23,26). The maximum atomic E-state index is 12.7. The highest BCUT2D eigenvalue weighted by Crippen LogP contribution is 2.25. The number of hydrogen-bond donors (Lipinski definition) is 1. The van der Waals surface area contributed by atoms with Crippen molar-refractivity contribution < 1.29 is 9.53 Å². The Morgan fingerprint density at radius 3 is 2.29 bits per heavy atom. The van der Waals surface area contributed by atoms with E-state index in [0.29, 0.717) is 22.9 Å². The zero-order chi connectivity index (χ0) is 19.2. The molecule has 28 heavy (non-hydrogen) atoms. The Balaban J connectivity index is 1.41. The van der Waals surface area contributed by atoms with Crippen molar-refractivity contribution in [3.05, 3.63) is 95.4 Å². The van der Waals surface area contributed by atoms with E-state index in [0.717, 1.165) is 28.4 Å². The van der Waals surface area contributed by atoms with Gasteiger partial charge < -0.3 is 10.1 Å². The van der Waals surface area contributed by atoms with Crippen LogP contribution in [0.25, 0.3) is 11.3 Å². The van der Waals surface area contributed by atoms with Gasteiger partial charge in [0, 0.05) is 11.3 Å². The van der Waals surface area contributed by atoms with E-state index in [4.69, 9.17) is 4.74 Å². The van der Waals surface area contributed by atoms with Gasteiger partial charge in [-0.2, -0.15) is 0 Å². The fourth-order valence-electron chi connectivity index (χ4n) is 2.69. The van der Waals surface area contributed by atoms with Crippen LogP contribution < -0.4 is 10.1 Å². The Kier molecular flexibility index (Phi) is 5.40. The van der Waals surface area contributed by atoms with Crippen LogP contribution in [-0.4, -0.2) is 15.5 Å². The van der Waals surface area contributed by atoms with E-state index in [1.807, 2.05) is 84.9 Å². The summed E-state index contributed by atoms with van der Waals surface area (Å²) in [6.07, 6.45) is 0. The van der Waals surface area contributed by atoms with Crippen molar-refractivity contribution in [2.45, 2.75) is 6.61 Å². The molecule has 4 aromatic rings. The number of amides is 1. The molecule has 6 heteroatoms. The first-order chi connectivity index (χ1) is 13.8. The van der Waals surface area contributed by atoms with Crippen molar-refractivity contribution in [1.82, 2.24) is 9.59 Å². The van der Waals surface area contributed by atoms with E-state index in [1.165, 1.54) is 0 Å². The van der Waals surface area contributed by atoms with E-state index in [1.54, 1.807) is 0 Å². The molecule has 0 saturated heterocycles. The van der Waals surface area contributed by atoms with Crippen LogP contribution >= 0.6 is 11.5 Å². The number of rotatable bonds is 6. The molecule has 3 aromatic carbocycles. The largest absolute Gasteiger partial charge is 0.489 e. The van der Waals surface area contributed by atoms with Crippen molar-refractivity contribution in [3.8, 4) is 17.0 Å². The van der Waals surface area contributed by atoms with Crippen LogP contribution in [0.5, 0.6) is 5.75 Å². The van der Waals surface area contributed by atoms with E-state index < -0.39 is 0 Å². The number of anilines is 1. The lowest BCUT2D eigenvalue weighted by Gasteiger charge is -2.08. The molecule has 0 spiro atoms. The van der Waals surface area contributed by atoms with Crippen LogP contribution in [0, 0.1) is 0 Å². The smallest absolute Gasteiger partial charge is 0.269 e. The van der Waals surface area contributed by atoms with Gasteiger partial charge in [-0.1, -0.05) is 65.2 Å². The summed E-state index contributed by atoms with van der Waals surface area (Å²) in [6.45, 7) is 0.500. The Hall–Kier alpha value is -3.51. The molecular formula is C22H17N3O2S. The summed E-state index contributed by atoms with van der Waals surface area (Å²) in [5.41, 5.74) is 3.24. The van der Waals surface area contributed by atoms with Crippen LogP contribution in [-0.2, 0) is 6.61 Å². The highest BCUT2D eigenvalue weighted by molar-refractivity contribution is 7.08. The minimum atomic E-state index is -0.230. The van der Waals surface area contributed by atoms with E-state index in [-0.39, 0.29) is 5.91 Å². The van der Waals surface area contributed by atoms with Crippen molar-refractivity contribution in [2.24, 2.45) is 0 Å². The molecule has 0 bridgehead atoms. The summed E-state index contributed by atoms with van der Waals surface area (Å²) in [5.74, 6) is 0.512. The Morgan fingerprint density at radius 2 is 1.57 bits per heavy atom. The second kappa shape index (κ2) is 8.45. The van der Waals surface area contributed by atoms with Gasteiger partial charge in [-0.15, -0.1) is 5.10 Å². The van der Waals surface area contributed by atoms with Crippen molar-refractivity contribution in [3.63, 3.8) is 0 Å². The third-order valence-corrected chi connectivity index (χ3v) is 4.83. The number of aromatic nitrogens is 2. The van der Waals surface area contributed by atoms with Gasteiger partial charge in [-0.05, 0) is 41.4 Å². The first kappa shape index (κ1) is 17.9. The van der Waals surface area contributed by atoms with Crippen molar-refractivity contribution in [1.29, 1.82) is 0 Å². The second-order valence-electron chi connectivity index (χ2n) is 6.07. The Bertz CT molecular complexity index is 1050. The highest BCUT2D eigenvalue weighted by atomic mass is 32.1. The number of nitrogens with zero attached hydrogens (tertiary/aromatic N) is 2. The molecule has 1 heterocycles. The lowest BCUT2D eigenvalue weighted by molar-refractivity contribution is 0.103. The summed E-state index contributed by atoms with van der Waals surface area (Å²) in [6, 6.07) is 26.8. The molecule has 1 N–H and O–H groups in total. The monoisotopic (exact) mass is 387 g/mol. The molecule has 0 radical (unpaired) electrons. The number of nitrogens with one attached hydrogen (secondary N) is 1. The quantitative estimate of drug-likeness (QED) is 0.504. The molecule has 5 nitrogen and oxygen atoms in total. The molecule has 1 amide bonds. The van der Waals surface area contributed by atoms with Crippen LogP contribution in [0.4, 0.5) is 5.69 Å². The number of carbonyl (C=O) groups excluding carboxylic acids is 1. The molecule has 0 aliphatic heterocycles. The average molecular weight is 387 g/mol. The lowest BCUT2D eigenvalue weighted by atomic mass is 10.1. The lowest BCUT2D eigenvalue weighted by Crippen LogP contribution is -2.11. The van der Waals surface area contributed by atoms with Gasteiger partial charge in [-0.3, -0.25) is 4.79 Å². The molecule has 0 unspecified atom stereocenters. The third-order valence-electron chi connectivity index (χ3n) is 4.10. The summed E-state index contributed by atoms with van der Waals surface area (Å²) in [4.78, 5) is 13.1. The maximum absolute atomic E-state index is 12.7. The molecule has 0 atom stereocenters. The zero-order valence-electron chi connectivity index (χ0n) is 14.9. The van der Waals surface area contributed by atoms with Crippen molar-refractivity contribution in [2.75, 3.05) is 5.32 Å². The Labute approximate surface area is 166 Å². The normalized spacial score (nSPS) is 10.4. The van der Waals surface area contributed by atoms with Crippen LogP contribution in [0.2, 0.25) is 0 Å². The summed E-state index contributed by atoms with van der Waals surface area (Å²) >= 11 is 1.08. The molecule has 4 rings (SSSR count). The first-order valence-electron chi connectivity index (χ1n) is 8.75. The van der Waals surface area contributed by atoms with Crippen LogP contribution in [0.1, 0.15) is 15.2 Å². The predicted molar refractivity (Wildman–Crippen MR) is 111 cm³/mol. The molecular weight excluding hydrogens is 370 g/mol. The molecule has 0 saturated carbocycles. The summed E-state index contributed by atoms with van der Waals surface area (Å²) < 4.78 is 9.71. The highest BCUT2D eigenvalue weighted by Gasteiger charge is 2.17. The number of hydrogen-bond acceptors (Lipinski definition) is 5. The van der Waals surface area contributed by atoms with E-state index >= 15 is 0 Å². The average Bonchev–Trinajstić information content (AvgIpc) is 3.25. The predicted octanol–water partition coefficient (Wildman–Crippen LogP) is 5.04. The van der Waals surface area contributed by atoms with Gasteiger partial charge in [0.2, 0.25) is 0 Å². The molecule has 1 aromatic heterocycles. The summed E-state index contributed by atoms with van der Waals surface area (Å²) in [7, 11) is 0. The maximum Gasteiger partial charge on any atom is 0.269 e. The van der Waals surface area contributed by atoms with E-state index in [2.05, 4.69) is 14.9 Å². The summed E-state index contributed by atoms with van der Waals surface area (Å²) in [5, 5.41) is 7.00. The molecule has 138 valence electrons. The molecule has 0 aliphatic rings. The van der Waals surface area contributed by atoms with Gasteiger partial charge >= 0.3 is 0 Å². The van der Waals surface area contributed by atoms with E-state index in [9.17, 15) is 4.79 Å². The number of carbonyl (C=O) groups is 1. The van der Waals surface area contributed by atoms with Gasteiger partial charge in [0.15, 0.2) is 0 Å². The topological polar surface area (TPSA) is 64.1 Å². The zero-order valence-corrected chi connectivity index (χ0v) is 15.7. The fraction of sp³-hybridized carbons (Fsp3) is 0.0455. The fourth-order valence-corrected chi connectivity index (χ4v) is 3.27. The Morgan fingerprint density at radius 1 is 0.893 bits per heavy atom. The van der Waals surface area contributed by atoms with Crippen molar-refractivity contribution >= 4 is 23.1 Å². The molecule has 0 fully saturated rings. The van der Waals surface area contributed by atoms with Gasteiger partial charge in [0.25, 0.3) is 5.91 Å². The SMILES string of the molecule is O=C(Nc1ccc(OCc2ccccc2)cc1)c1snnc1-c1ccccc1. The number of ether oxygens (including phenoxy) is 1. The molecule has 0 aliphatic carbocycles.